The van der Waals surface area contributed by atoms with Crippen molar-refractivity contribution in [1.82, 2.24) is 5.32 Å². The van der Waals surface area contributed by atoms with E-state index in [-0.39, 0.29) is 17.4 Å². The fourth-order valence-corrected chi connectivity index (χ4v) is 3.15. The molecule has 0 saturated heterocycles. The summed E-state index contributed by atoms with van der Waals surface area (Å²) in [4.78, 5) is 12.0. The summed E-state index contributed by atoms with van der Waals surface area (Å²) in [7, 11) is -3.33. The van der Waals surface area contributed by atoms with Crippen LogP contribution >= 0.6 is 0 Å². The third-order valence-corrected chi connectivity index (χ3v) is 4.14. The molecule has 2 rings (SSSR count). The van der Waals surface area contributed by atoms with Crippen LogP contribution in [0.2, 0.25) is 0 Å². The molecule has 1 aromatic carbocycles. The van der Waals surface area contributed by atoms with Crippen molar-refractivity contribution < 1.29 is 17.6 Å². The normalized spacial score (nSPS) is 18.0. The number of nitrogens with one attached hydrogen (secondary N) is 2. The van der Waals surface area contributed by atoms with Gasteiger partial charge in [0.2, 0.25) is 0 Å². The van der Waals surface area contributed by atoms with Gasteiger partial charge >= 0.3 is 6.03 Å². The molecule has 1 aliphatic carbocycles. The van der Waals surface area contributed by atoms with Crippen LogP contribution in [0.15, 0.2) is 30.4 Å². The van der Waals surface area contributed by atoms with Gasteiger partial charge in [-0.15, -0.1) is 0 Å². The number of carbonyl (C=O) groups is 1. The minimum atomic E-state index is -3.33. The van der Waals surface area contributed by atoms with Crippen molar-refractivity contribution in [2.45, 2.75) is 31.1 Å². The average Bonchev–Trinajstić information content (AvgIpc) is 2.41. The molecule has 5 nitrogen and oxygen atoms in total. The van der Waals surface area contributed by atoms with Crippen LogP contribution in [0.3, 0.4) is 0 Å². The number of hydrogen-bond donors (Lipinski definition) is 2. The molecule has 1 atom stereocenters. The second-order valence-corrected chi connectivity index (χ2v) is 7.58. The van der Waals surface area contributed by atoms with Crippen LogP contribution in [0.25, 0.3) is 0 Å². The van der Waals surface area contributed by atoms with Gasteiger partial charge in [-0.25, -0.2) is 17.6 Å². The van der Waals surface area contributed by atoms with Crippen molar-refractivity contribution in [2.24, 2.45) is 0 Å². The summed E-state index contributed by atoms with van der Waals surface area (Å²) in [5.41, 5.74) is 0.529. The van der Waals surface area contributed by atoms with E-state index in [4.69, 9.17) is 0 Å². The Kier molecular flexibility index (Phi) is 5.18. The molecule has 1 aliphatic rings. The highest BCUT2D eigenvalue weighted by Gasteiger charge is 2.15. The van der Waals surface area contributed by atoms with Crippen LogP contribution < -0.4 is 10.6 Å². The molecule has 0 bridgehead atoms. The van der Waals surface area contributed by atoms with E-state index in [2.05, 4.69) is 10.6 Å². The van der Waals surface area contributed by atoms with E-state index in [9.17, 15) is 17.6 Å². The number of anilines is 1. The van der Waals surface area contributed by atoms with Gasteiger partial charge in [0.1, 0.15) is 5.82 Å². The molecule has 7 heteroatoms. The Morgan fingerprint density at radius 3 is 2.82 bits per heavy atom. The van der Waals surface area contributed by atoms with Crippen molar-refractivity contribution in [2.75, 3.05) is 11.6 Å². The van der Waals surface area contributed by atoms with Crippen molar-refractivity contribution in [3.05, 3.63) is 41.7 Å². The molecule has 0 radical (unpaired) electrons. The smallest absolute Gasteiger partial charge is 0.319 e. The highest BCUT2D eigenvalue weighted by Crippen LogP contribution is 2.20. The van der Waals surface area contributed by atoms with Crippen LogP contribution in [0, 0.1) is 5.82 Å². The van der Waals surface area contributed by atoms with Gasteiger partial charge in [-0.05, 0) is 43.0 Å². The zero-order valence-electron chi connectivity index (χ0n) is 12.3. The monoisotopic (exact) mass is 326 g/mol. The molecule has 2 amide bonds. The summed E-state index contributed by atoms with van der Waals surface area (Å²) < 4.78 is 36.1. The van der Waals surface area contributed by atoms with Crippen LogP contribution in [0.5, 0.6) is 0 Å². The number of urea groups is 1. The lowest BCUT2D eigenvalue weighted by atomic mass is 10.0. The van der Waals surface area contributed by atoms with E-state index in [1.54, 1.807) is 0 Å². The molecule has 0 aromatic heterocycles. The Hall–Kier alpha value is -1.89. The number of hydrogen-bond acceptors (Lipinski definition) is 3. The lowest BCUT2D eigenvalue weighted by molar-refractivity contribution is 0.249. The third-order valence-electron chi connectivity index (χ3n) is 3.30. The van der Waals surface area contributed by atoms with Crippen molar-refractivity contribution in [1.29, 1.82) is 0 Å². The fourth-order valence-electron chi connectivity index (χ4n) is 2.35. The largest absolute Gasteiger partial charge is 0.332 e. The predicted molar refractivity (Wildman–Crippen MR) is 83.9 cm³/mol. The highest BCUT2D eigenvalue weighted by atomic mass is 32.2. The number of halogens is 1. The highest BCUT2D eigenvalue weighted by molar-refractivity contribution is 7.89. The van der Waals surface area contributed by atoms with Crippen LogP contribution in [0.1, 0.15) is 24.8 Å². The quantitative estimate of drug-likeness (QED) is 0.835. The summed E-state index contributed by atoms with van der Waals surface area (Å²) in [6.07, 6.45) is 7.90. The zero-order chi connectivity index (χ0) is 16.2. The lowest BCUT2D eigenvalue weighted by Gasteiger charge is -2.19. The van der Waals surface area contributed by atoms with Gasteiger partial charge in [-0.3, -0.25) is 0 Å². The van der Waals surface area contributed by atoms with Gasteiger partial charge in [-0.1, -0.05) is 12.2 Å². The first-order valence-electron chi connectivity index (χ1n) is 7.04. The molecule has 0 aliphatic heterocycles. The van der Waals surface area contributed by atoms with E-state index in [1.807, 2.05) is 12.2 Å². The Morgan fingerprint density at radius 1 is 1.41 bits per heavy atom. The molecule has 1 aromatic rings. The first-order valence-corrected chi connectivity index (χ1v) is 9.10. The maximum absolute atomic E-state index is 13.3. The summed E-state index contributed by atoms with van der Waals surface area (Å²) >= 11 is 0. The number of amides is 2. The van der Waals surface area contributed by atoms with Gasteiger partial charge in [0, 0.05) is 18.0 Å². The minimum Gasteiger partial charge on any atom is -0.332 e. The lowest BCUT2D eigenvalue weighted by Crippen LogP contribution is -2.37. The first kappa shape index (κ1) is 16.5. The Labute approximate surface area is 129 Å². The number of sulfone groups is 1. The van der Waals surface area contributed by atoms with E-state index < -0.39 is 21.7 Å². The number of carbonyl (C=O) groups excluding carboxylic acids is 1. The van der Waals surface area contributed by atoms with Gasteiger partial charge < -0.3 is 10.6 Å². The number of allylic oxidation sites excluding steroid dienone is 1. The van der Waals surface area contributed by atoms with Crippen molar-refractivity contribution in [3.8, 4) is 0 Å². The summed E-state index contributed by atoms with van der Waals surface area (Å²) in [5.74, 6) is -0.871. The molecular formula is C15H19FN2O3S. The van der Waals surface area contributed by atoms with Crippen molar-refractivity contribution in [3.63, 3.8) is 0 Å². The molecule has 0 heterocycles. The molecule has 120 valence electrons. The molecule has 2 N–H and O–H groups in total. The Balaban J connectivity index is 2.09. The molecule has 0 unspecified atom stereocenters. The summed E-state index contributed by atoms with van der Waals surface area (Å²) in [6, 6.07) is 3.20. The van der Waals surface area contributed by atoms with Crippen molar-refractivity contribution >= 4 is 21.6 Å². The predicted octanol–water partition coefficient (Wildman–Crippen LogP) is 2.60. The fraction of sp³-hybridized carbons (Fsp3) is 0.400. The molecule has 22 heavy (non-hydrogen) atoms. The minimum absolute atomic E-state index is 0.0347. The van der Waals surface area contributed by atoms with Gasteiger partial charge in [0.05, 0.1) is 5.75 Å². The van der Waals surface area contributed by atoms with Gasteiger partial charge in [0.15, 0.2) is 9.84 Å². The number of benzene rings is 1. The second-order valence-electron chi connectivity index (χ2n) is 5.44. The van der Waals surface area contributed by atoms with E-state index in [1.165, 1.54) is 12.1 Å². The molecule has 0 saturated carbocycles. The number of rotatable bonds is 4. The zero-order valence-corrected chi connectivity index (χ0v) is 13.1. The second kappa shape index (κ2) is 6.91. The van der Waals surface area contributed by atoms with Gasteiger partial charge in [-0.2, -0.15) is 0 Å². The average molecular weight is 326 g/mol. The van der Waals surface area contributed by atoms with E-state index in [0.717, 1.165) is 31.6 Å². The summed E-state index contributed by atoms with van der Waals surface area (Å²) in [5, 5.41) is 5.38. The Morgan fingerprint density at radius 2 is 2.18 bits per heavy atom. The van der Waals surface area contributed by atoms with Crippen LogP contribution in [-0.4, -0.2) is 26.7 Å². The van der Waals surface area contributed by atoms with Gasteiger partial charge in [0.25, 0.3) is 0 Å². The SMILES string of the molecule is CS(=O)(=O)Cc1cc(F)ccc1NC(=O)N[C@H]1C=CCCC1. The standard InChI is InChI=1S/C15H19FN2O3S/c1-22(20,21)10-11-9-12(16)7-8-14(11)18-15(19)17-13-5-3-2-4-6-13/h3,5,7-9,13H,2,4,6,10H2,1H3,(H2,17,18,19)/t13-/m0/s1. The third kappa shape index (κ3) is 5.14. The van der Waals surface area contributed by atoms with Crippen LogP contribution in [-0.2, 0) is 15.6 Å². The summed E-state index contributed by atoms with van der Waals surface area (Å²) in [6.45, 7) is 0. The maximum atomic E-state index is 13.3. The van der Waals surface area contributed by atoms with Crippen LogP contribution in [0.4, 0.5) is 14.9 Å². The molecule has 0 spiro atoms. The Bertz CT molecular complexity index is 686. The van der Waals surface area contributed by atoms with E-state index >= 15 is 0 Å². The first-order chi connectivity index (χ1) is 10.3. The van der Waals surface area contributed by atoms with E-state index in [0.29, 0.717) is 5.69 Å². The maximum Gasteiger partial charge on any atom is 0.319 e. The molecular weight excluding hydrogens is 307 g/mol. The molecule has 0 fully saturated rings. The topological polar surface area (TPSA) is 75.3 Å².